The number of aromatic nitrogens is 2. The minimum atomic E-state index is 0.159. The lowest BCUT2D eigenvalue weighted by Gasteiger charge is -2.01. The van der Waals surface area contributed by atoms with Crippen LogP contribution in [0.3, 0.4) is 0 Å². The Kier molecular flexibility index (Phi) is 3.86. The van der Waals surface area contributed by atoms with Crippen molar-refractivity contribution < 1.29 is 4.79 Å². The zero-order valence-electron chi connectivity index (χ0n) is 9.16. The van der Waals surface area contributed by atoms with Crippen LogP contribution in [0.2, 0.25) is 0 Å². The molecule has 1 rings (SSSR count). The van der Waals surface area contributed by atoms with Crippen molar-refractivity contribution >= 4 is 5.78 Å². The van der Waals surface area contributed by atoms with Crippen LogP contribution < -0.4 is 0 Å². The van der Waals surface area contributed by atoms with Crippen LogP contribution in [0.4, 0.5) is 0 Å². The van der Waals surface area contributed by atoms with Gasteiger partial charge in [0.15, 0.2) is 5.78 Å². The Morgan fingerprint density at radius 1 is 1.57 bits per heavy atom. The fourth-order valence-corrected chi connectivity index (χ4v) is 1.36. The van der Waals surface area contributed by atoms with Crippen LogP contribution in [0.1, 0.15) is 43.6 Å². The zero-order chi connectivity index (χ0) is 10.6. The average Bonchev–Trinajstić information content (AvgIpc) is 2.51. The zero-order valence-corrected chi connectivity index (χ0v) is 9.16. The van der Waals surface area contributed by atoms with E-state index in [1.807, 2.05) is 7.05 Å². The number of carbonyl (C=O) groups is 1. The van der Waals surface area contributed by atoms with Gasteiger partial charge in [0, 0.05) is 19.7 Å². The number of hydrogen-bond acceptors (Lipinski definition) is 2. The van der Waals surface area contributed by atoms with Crippen molar-refractivity contribution in [2.45, 2.75) is 33.1 Å². The highest BCUT2D eigenvalue weighted by atomic mass is 16.1. The smallest absolute Gasteiger partial charge is 0.183 e. The van der Waals surface area contributed by atoms with Gasteiger partial charge in [-0.05, 0) is 18.4 Å². The predicted molar refractivity (Wildman–Crippen MR) is 56.2 cm³/mol. The van der Waals surface area contributed by atoms with E-state index in [0.29, 0.717) is 18.0 Å². The molecule has 1 heterocycles. The number of hydrogen-bond donors (Lipinski definition) is 0. The molecule has 0 spiro atoms. The molecule has 1 aromatic rings. The molecule has 0 unspecified atom stereocenters. The summed E-state index contributed by atoms with van der Waals surface area (Å²) in [6.45, 7) is 4.34. The molecule has 0 bridgehead atoms. The predicted octanol–water partition coefficient (Wildman–Crippen LogP) is 2.43. The van der Waals surface area contributed by atoms with Crippen molar-refractivity contribution in [1.29, 1.82) is 0 Å². The van der Waals surface area contributed by atoms with Crippen molar-refractivity contribution in [2.75, 3.05) is 0 Å². The summed E-state index contributed by atoms with van der Waals surface area (Å²) in [4.78, 5) is 11.6. The van der Waals surface area contributed by atoms with Crippen LogP contribution in [-0.4, -0.2) is 15.6 Å². The standard InChI is InChI=1S/C11H18N2O/c1-9(2)5-4-6-11(14)10-7-8-13(3)12-10/h7-9H,4-6H2,1-3H3. The Bertz CT molecular complexity index is 302. The summed E-state index contributed by atoms with van der Waals surface area (Å²) >= 11 is 0. The first kappa shape index (κ1) is 11.0. The summed E-state index contributed by atoms with van der Waals surface area (Å²) in [6, 6.07) is 1.78. The van der Waals surface area contributed by atoms with E-state index in [0.717, 1.165) is 12.8 Å². The van der Waals surface area contributed by atoms with Gasteiger partial charge in [-0.2, -0.15) is 5.10 Å². The first-order valence-corrected chi connectivity index (χ1v) is 5.12. The summed E-state index contributed by atoms with van der Waals surface area (Å²) in [7, 11) is 1.82. The Morgan fingerprint density at radius 3 is 2.79 bits per heavy atom. The molecule has 0 aliphatic rings. The Balaban J connectivity index is 2.36. The van der Waals surface area contributed by atoms with E-state index in [9.17, 15) is 4.79 Å². The van der Waals surface area contributed by atoms with E-state index in [1.165, 1.54) is 0 Å². The van der Waals surface area contributed by atoms with Gasteiger partial charge in [-0.25, -0.2) is 0 Å². The number of nitrogens with zero attached hydrogens (tertiary/aromatic N) is 2. The maximum atomic E-state index is 11.6. The second-order valence-electron chi connectivity index (χ2n) is 4.08. The second kappa shape index (κ2) is 4.94. The van der Waals surface area contributed by atoms with Gasteiger partial charge in [-0.3, -0.25) is 9.48 Å². The highest BCUT2D eigenvalue weighted by Crippen LogP contribution is 2.09. The fraction of sp³-hybridized carbons (Fsp3) is 0.636. The Morgan fingerprint density at radius 2 is 2.29 bits per heavy atom. The van der Waals surface area contributed by atoms with Gasteiger partial charge in [0.05, 0.1) is 0 Å². The molecule has 78 valence electrons. The van der Waals surface area contributed by atoms with Gasteiger partial charge < -0.3 is 0 Å². The first-order valence-electron chi connectivity index (χ1n) is 5.12. The number of Topliss-reactive ketones (excluding diaryl/α,β-unsaturated/α-hetero) is 1. The van der Waals surface area contributed by atoms with Crippen molar-refractivity contribution in [3.05, 3.63) is 18.0 Å². The number of aryl methyl sites for hydroxylation is 1. The third-order valence-corrected chi connectivity index (χ3v) is 2.18. The maximum Gasteiger partial charge on any atom is 0.183 e. The molecular weight excluding hydrogens is 176 g/mol. The van der Waals surface area contributed by atoms with Gasteiger partial charge in [0.25, 0.3) is 0 Å². The molecule has 0 N–H and O–H groups in total. The molecule has 3 nitrogen and oxygen atoms in total. The summed E-state index contributed by atoms with van der Waals surface area (Å²) in [5.41, 5.74) is 0.594. The van der Waals surface area contributed by atoms with Gasteiger partial charge >= 0.3 is 0 Å². The third kappa shape index (κ3) is 3.32. The molecule has 0 amide bonds. The maximum absolute atomic E-state index is 11.6. The average molecular weight is 194 g/mol. The molecule has 3 heteroatoms. The lowest BCUT2D eigenvalue weighted by atomic mass is 10.0. The van der Waals surface area contributed by atoms with E-state index >= 15 is 0 Å². The van der Waals surface area contributed by atoms with E-state index in [1.54, 1.807) is 16.9 Å². The first-order chi connectivity index (χ1) is 6.59. The molecule has 0 fully saturated rings. The summed E-state index contributed by atoms with van der Waals surface area (Å²) in [5, 5.41) is 4.08. The molecule has 0 aromatic carbocycles. The van der Waals surface area contributed by atoms with Gasteiger partial charge in [0.2, 0.25) is 0 Å². The van der Waals surface area contributed by atoms with Gasteiger partial charge in [-0.15, -0.1) is 0 Å². The van der Waals surface area contributed by atoms with E-state index in [-0.39, 0.29) is 5.78 Å². The quantitative estimate of drug-likeness (QED) is 0.675. The highest BCUT2D eigenvalue weighted by Gasteiger charge is 2.08. The Hall–Kier alpha value is -1.12. The van der Waals surface area contributed by atoms with Crippen molar-refractivity contribution in [3.8, 4) is 0 Å². The molecule has 0 aliphatic heterocycles. The summed E-state index contributed by atoms with van der Waals surface area (Å²) in [6.07, 6.45) is 4.50. The second-order valence-corrected chi connectivity index (χ2v) is 4.08. The highest BCUT2D eigenvalue weighted by molar-refractivity contribution is 5.94. The lowest BCUT2D eigenvalue weighted by molar-refractivity contribution is 0.0972. The van der Waals surface area contributed by atoms with Crippen LogP contribution >= 0.6 is 0 Å². The molecule has 0 atom stereocenters. The van der Waals surface area contributed by atoms with Gasteiger partial charge in [-0.1, -0.05) is 20.3 Å². The van der Waals surface area contributed by atoms with Crippen molar-refractivity contribution in [2.24, 2.45) is 13.0 Å². The Labute approximate surface area is 85.1 Å². The van der Waals surface area contributed by atoms with Crippen LogP contribution in [0.25, 0.3) is 0 Å². The lowest BCUT2D eigenvalue weighted by Crippen LogP contribution is -2.02. The molecule has 1 aromatic heterocycles. The SMILES string of the molecule is CC(C)CCCC(=O)c1ccn(C)n1. The van der Waals surface area contributed by atoms with Crippen LogP contribution in [0, 0.1) is 5.92 Å². The largest absolute Gasteiger partial charge is 0.292 e. The minimum absolute atomic E-state index is 0.159. The van der Waals surface area contributed by atoms with Crippen molar-refractivity contribution in [1.82, 2.24) is 9.78 Å². The van der Waals surface area contributed by atoms with E-state index in [2.05, 4.69) is 18.9 Å². The summed E-state index contributed by atoms with van der Waals surface area (Å²) in [5.74, 6) is 0.831. The molecule has 0 radical (unpaired) electrons. The van der Waals surface area contributed by atoms with Crippen LogP contribution in [0.15, 0.2) is 12.3 Å². The number of ketones is 1. The fourth-order valence-electron chi connectivity index (χ4n) is 1.36. The monoisotopic (exact) mass is 194 g/mol. The van der Waals surface area contributed by atoms with Crippen LogP contribution in [0.5, 0.6) is 0 Å². The van der Waals surface area contributed by atoms with Crippen molar-refractivity contribution in [3.63, 3.8) is 0 Å². The minimum Gasteiger partial charge on any atom is -0.292 e. The number of carbonyl (C=O) groups excluding carboxylic acids is 1. The van der Waals surface area contributed by atoms with E-state index in [4.69, 9.17) is 0 Å². The molecule has 0 aliphatic carbocycles. The number of rotatable bonds is 5. The van der Waals surface area contributed by atoms with Crippen LogP contribution in [-0.2, 0) is 7.05 Å². The molecule has 0 saturated carbocycles. The molecule has 14 heavy (non-hydrogen) atoms. The molecular formula is C11H18N2O. The van der Waals surface area contributed by atoms with E-state index < -0.39 is 0 Å². The summed E-state index contributed by atoms with van der Waals surface area (Å²) < 4.78 is 1.66. The molecule has 0 saturated heterocycles. The normalized spacial score (nSPS) is 10.9. The topological polar surface area (TPSA) is 34.9 Å². The van der Waals surface area contributed by atoms with Gasteiger partial charge in [0.1, 0.15) is 5.69 Å². The third-order valence-electron chi connectivity index (χ3n) is 2.18.